The number of ketones is 1. The van der Waals surface area contributed by atoms with E-state index in [2.05, 4.69) is 27.7 Å². The monoisotopic (exact) mass is 927 g/mol. The minimum atomic E-state index is -4.45. The predicted molar refractivity (Wildman–Crippen MR) is 252 cm³/mol. The molecule has 0 amide bonds. The fraction of sp³-hybridized carbons (Fsp3) is 0.820. The zero-order valence-electron chi connectivity index (χ0n) is 41.0. The van der Waals surface area contributed by atoms with Crippen LogP contribution in [0.4, 0.5) is 0 Å². The van der Waals surface area contributed by atoms with Crippen LogP contribution in [0.1, 0.15) is 184 Å². The average Bonchev–Trinajstić information content (AvgIpc) is 3.66. The average molecular weight is 927 g/mol. The second-order valence-electron chi connectivity index (χ2n) is 19.2. The number of unbranched alkanes of at least 4 members (excludes halogenated alkanes) is 14. The van der Waals surface area contributed by atoms with Crippen molar-refractivity contribution >= 4 is 25.5 Å². The molecule has 13 nitrogen and oxygen atoms in total. The second-order valence-corrected chi connectivity index (χ2v) is 20.7. The number of likely N-dealkylation sites (N-methyl/N-ethyl adjacent to an activating group) is 1. The molecular formula is C50H89NO12P+. The number of Topliss-reactive ketones (excluding diaryl/α,β-unsaturated/α-hetero) is 1. The molecule has 3 N–H and O–H groups in total. The van der Waals surface area contributed by atoms with E-state index in [-0.39, 0.29) is 50.1 Å². The van der Waals surface area contributed by atoms with E-state index in [1.807, 2.05) is 27.2 Å². The number of furan rings is 1. The van der Waals surface area contributed by atoms with Gasteiger partial charge >= 0.3 is 19.8 Å². The Kier molecular flexibility index (Phi) is 29.2. The molecule has 1 aromatic rings. The topological polar surface area (TPSA) is 179 Å². The van der Waals surface area contributed by atoms with E-state index in [9.17, 15) is 34.1 Å². The zero-order chi connectivity index (χ0) is 47.4. The van der Waals surface area contributed by atoms with Crippen LogP contribution < -0.4 is 0 Å². The van der Waals surface area contributed by atoms with E-state index >= 15 is 0 Å². The molecule has 6 atom stereocenters. The van der Waals surface area contributed by atoms with E-state index in [1.54, 1.807) is 6.08 Å². The first-order chi connectivity index (χ1) is 30.5. The highest BCUT2D eigenvalue weighted by molar-refractivity contribution is 7.47. The van der Waals surface area contributed by atoms with Crippen molar-refractivity contribution in [3.63, 3.8) is 0 Å². The van der Waals surface area contributed by atoms with Gasteiger partial charge in [0.25, 0.3) is 0 Å². The number of hydrogen-bond donors (Lipinski definition) is 3. The number of aryl methyl sites for hydroxylation is 2. The Morgan fingerprint density at radius 3 is 1.94 bits per heavy atom. The van der Waals surface area contributed by atoms with Crippen LogP contribution in [0.5, 0.6) is 0 Å². The summed E-state index contributed by atoms with van der Waals surface area (Å²) in [7, 11) is 1.33. The number of hydrogen-bond acceptors (Lipinski definition) is 11. The van der Waals surface area contributed by atoms with Crippen molar-refractivity contribution in [2.24, 2.45) is 11.8 Å². The Morgan fingerprint density at radius 2 is 1.33 bits per heavy atom. The third-order valence-corrected chi connectivity index (χ3v) is 13.4. The van der Waals surface area contributed by atoms with Gasteiger partial charge in [0.2, 0.25) is 0 Å². The predicted octanol–water partition coefficient (Wildman–Crippen LogP) is 10.4. The van der Waals surface area contributed by atoms with Crippen molar-refractivity contribution in [3.05, 3.63) is 34.8 Å². The maximum atomic E-state index is 12.8. The molecule has 1 heterocycles. The maximum Gasteiger partial charge on any atom is 0.472 e. The summed E-state index contributed by atoms with van der Waals surface area (Å²) in [5.74, 6) is 0.806. The molecule has 1 aromatic heterocycles. The van der Waals surface area contributed by atoms with Crippen LogP contribution >= 0.6 is 7.82 Å². The molecule has 1 aliphatic carbocycles. The van der Waals surface area contributed by atoms with Crippen molar-refractivity contribution < 1.29 is 61.5 Å². The molecule has 1 unspecified atom stereocenters. The van der Waals surface area contributed by atoms with Crippen molar-refractivity contribution in [1.29, 1.82) is 0 Å². The number of aliphatic hydroxyl groups is 2. The minimum absolute atomic E-state index is 0.0129. The van der Waals surface area contributed by atoms with Crippen LogP contribution in [-0.4, -0.2) is 103 Å². The zero-order valence-corrected chi connectivity index (χ0v) is 41.9. The molecule has 0 radical (unpaired) electrons. The van der Waals surface area contributed by atoms with E-state index < -0.39 is 44.7 Å². The molecule has 2 rings (SSSR count). The summed E-state index contributed by atoms with van der Waals surface area (Å²) >= 11 is 0. The van der Waals surface area contributed by atoms with E-state index in [0.29, 0.717) is 36.7 Å². The third-order valence-electron chi connectivity index (χ3n) is 12.4. The lowest BCUT2D eigenvalue weighted by Crippen LogP contribution is -2.37. The fourth-order valence-corrected chi connectivity index (χ4v) is 8.89. The van der Waals surface area contributed by atoms with Gasteiger partial charge in [-0.15, -0.1) is 0 Å². The Bertz CT molecular complexity index is 1540. The maximum absolute atomic E-state index is 12.8. The molecule has 370 valence electrons. The summed E-state index contributed by atoms with van der Waals surface area (Å²) in [5, 5.41) is 20.8. The van der Waals surface area contributed by atoms with Gasteiger partial charge in [-0.25, -0.2) is 4.57 Å². The van der Waals surface area contributed by atoms with Crippen molar-refractivity contribution in [3.8, 4) is 0 Å². The molecular weight excluding hydrogens is 838 g/mol. The van der Waals surface area contributed by atoms with Crippen LogP contribution in [0.25, 0.3) is 0 Å². The molecule has 1 aliphatic rings. The number of phosphoric acid groups is 1. The highest BCUT2D eigenvalue weighted by Crippen LogP contribution is 2.43. The molecule has 14 heteroatoms. The number of carbonyl (C=O) groups is 3. The van der Waals surface area contributed by atoms with Crippen molar-refractivity contribution in [1.82, 2.24) is 0 Å². The van der Waals surface area contributed by atoms with E-state index in [4.69, 9.17) is 22.9 Å². The van der Waals surface area contributed by atoms with Gasteiger partial charge in [-0.3, -0.25) is 23.4 Å². The first-order valence-corrected chi connectivity index (χ1v) is 26.4. The van der Waals surface area contributed by atoms with Gasteiger partial charge in [-0.1, -0.05) is 116 Å². The summed E-state index contributed by atoms with van der Waals surface area (Å²) < 4.78 is 40.7. The largest absolute Gasteiger partial charge is 0.472 e. The van der Waals surface area contributed by atoms with Crippen LogP contribution in [0.3, 0.4) is 0 Å². The molecule has 0 aromatic carbocycles. The van der Waals surface area contributed by atoms with Gasteiger partial charge < -0.3 is 33.5 Å². The number of phosphoric ester groups is 1. The van der Waals surface area contributed by atoms with Crippen LogP contribution in [-0.2, 0) is 50.3 Å². The lowest BCUT2D eigenvalue weighted by atomic mass is 9.88. The lowest BCUT2D eigenvalue weighted by Gasteiger charge is -2.24. The van der Waals surface area contributed by atoms with Gasteiger partial charge in [0.05, 0.1) is 40.0 Å². The second kappa shape index (κ2) is 32.3. The Balaban J connectivity index is 1.72. The van der Waals surface area contributed by atoms with Gasteiger partial charge in [0, 0.05) is 43.9 Å². The van der Waals surface area contributed by atoms with Gasteiger partial charge in [-0.05, 0) is 63.5 Å². The highest BCUT2D eigenvalue weighted by Gasteiger charge is 2.39. The number of rotatable bonds is 38. The number of nitrogens with zero attached hydrogens (tertiary/aromatic N) is 1. The van der Waals surface area contributed by atoms with Gasteiger partial charge in [0.1, 0.15) is 37.1 Å². The first-order valence-electron chi connectivity index (χ1n) is 24.9. The van der Waals surface area contributed by atoms with E-state index in [0.717, 1.165) is 108 Å². The molecule has 0 aliphatic heterocycles. The number of aliphatic hydroxyl groups excluding tert-OH is 2. The summed E-state index contributed by atoms with van der Waals surface area (Å²) in [4.78, 5) is 48.4. The number of esters is 2. The van der Waals surface area contributed by atoms with Crippen LogP contribution in [0, 0.1) is 25.7 Å². The molecule has 0 bridgehead atoms. The fourth-order valence-electron chi connectivity index (χ4n) is 8.15. The first kappa shape index (κ1) is 57.7. The molecule has 0 saturated heterocycles. The quantitative estimate of drug-likeness (QED) is 0.0188. The molecule has 1 fully saturated rings. The molecule has 1 saturated carbocycles. The normalized spacial score (nSPS) is 18.7. The molecule has 0 spiro atoms. The van der Waals surface area contributed by atoms with Crippen LogP contribution in [0.15, 0.2) is 16.6 Å². The van der Waals surface area contributed by atoms with Gasteiger partial charge in [0.15, 0.2) is 6.10 Å². The van der Waals surface area contributed by atoms with Gasteiger partial charge in [-0.2, -0.15) is 0 Å². The third kappa shape index (κ3) is 25.5. The van der Waals surface area contributed by atoms with Crippen LogP contribution in [0.2, 0.25) is 0 Å². The highest BCUT2D eigenvalue weighted by atomic mass is 31.2. The lowest BCUT2D eigenvalue weighted by molar-refractivity contribution is -0.870. The standard InChI is InChI=1S/C50H88NO12P/c1-8-10-20-26-41(52)32-33-44-43(45(53)36-46(44)54)27-22-18-19-24-30-49(55)59-37-42(38-61-64(57,58)60-35-34-51(5,6)7)62-50(56)31-25-17-15-13-12-14-16-23-29-48-40(4)39(3)47(63-48)28-21-11-9-2/h32-33,41-44,46,52,54H,8-31,34-38H2,1-7H3/p+1/b33-32+/t41-,42+,43+,44+,46+/m0/s1. The summed E-state index contributed by atoms with van der Waals surface area (Å²) in [6, 6.07) is 0. The number of ether oxygens (including phenoxy) is 2. The summed E-state index contributed by atoms with van der Waals surface area (Å²) in [5.41, 5.74) is 2.63. The number of quaternary nitrogens is 1. The summed E-state index contributed by atoms with van der Waals surface area (Å²) in [6.45, 7) is 8.35. The SMILES string of the molecule is CCCCCc1oc(CCCCCCCCCCC(=O)O[C@H](COC(=O)CCCCCC[C@H]2C(=O)C[C@@H](O)[C@@H]2/C=C/[C@@H](O)CCCCC)COP(=O)(O)OCC[N+](C)(C)C)c(C)c1C. The molecule has 64 heavy (non-hydrogen) atoms. The number of carbonyl (C=O) groups excluding carboxylic acids is 3. The minimum Gasteiger partial charge on any atom is -0.466 e. The smallest absolute Gasteiger partial charge is 0.466 e. The summed E-state index contributed by atoms with van der Waals surface area (Å²) in [6.07, 6.45) is 22.7. The Morgan fingerprint density at radius 1 is 0.781 bits per heavy atom. The Labute approximate surface area is 386 Å². The van der Waals surface area contributed by atoms with E-state index in [1.165, 1.54) is 30.4 Å². The Hall–Kier alpha value is -2.38. The van der Waals surface area contributed by atoms with Crippen molar-refractivity contribution in [2.45, 2.75) is 207 Å². The van der Waals surface area contributed by atoms with Crippen molar-refractivity contribution in [2.75, 3.05) is 47.5 Å².